The summed E-state index contributed by atoms with van der Waals surface area (Å²) < 4.78 is 39.8. The third-order valence-corrected chi connectivity index (χ3v) is 5.66. The van der Waals surface area contributed by atoms with Crippen LogP contribution in [0.4, 0.5) is 13.2 Å². The first-order chi connectivity index (χ1) is 10.5. The minimum atomic E-state index is -1.38. The van der Waals surface area contributed by atoms with Crippen LogP contribution in [0, 0.1) is 29.3 Å². The average molecular weight is 312 g/mol. The Kier molecular flexibility index (Phi) is 4.76. The zero-order chi connectivity index (χ0) is 15.7. The predicted octanol–water partition coefficient (Wildman–Crippen LogP) is 4.93. The largest absolute Gasteiger partial charge is 0.393 e. The second kappa shape index (κ2) is 6.61. The van der Waals surface area contributed by atoms with Crippen molar-refractivity contribution in [1.29, 1.82) is 0 Å². The minimum absolute atomic E-state index is 0.127. The van der Waals surface area contributed by atoms with Crippen LogP contribution < -0.4 is 0 Å². The summed E-state index contributed by atoms with van der Waals surface area (Å²) >= 11 is 0. The van der Waals surface area contributed by atoms with E-state index in [2.05, 4.69) is 0 Å². The van der Waals surface area contributed by atoms with Gasteiger partial charge in [0.05, 0.1) is 6.10 Å². The standard InChI is InChI=1S/C18H23F3O/c19-16-9-14(10-17(20)18(16)21)13-3-1-11(2-4-13)12-5-7-15(22)8-6-12/h9-13,15,22H,1-8H2. The van der Waals surface area contributed by atoms with Crippen LogP contribution >= 0.6 is 0 Å². The van der Waals surface area contributed by atoms with Crippen molar-refractivity contribution in [3.8, 4) is 0 Å². The molecule has 1 aromatic rings. The van der Waals surface area contributed by atoms with E-state index in [1.165, 1.54) is 0 Å². The van der Waals surface area contributed by atoms with Gasteiger partial charge in [-0.2, -0.15) is 0 Å². The first-order valence-electron chi connectivity index (χ1n) is 8.37. The number of benzene rings is 1. The molecule has 2 fully saturated rings. The minimum Gasteiger partial charge on any atom is -0.393 e. The van der Waals surface area contributed by atoms with Crippen LogP contribution in [-0.4, -0.2) is 11.2 Å². The van der Waals surface area contributed by atoms with E-state index in [0.29, 0.717) is 17.4 Å². The van der Waals surface area contributed by atoms with Crippen LogP contribution in [0.1, 0.15) is 62.8 Å². The molecular formula is C18H23F3O. The molecule has 22 heavy (non-hydrogen) atoms. The molecule has 1 nitrogen and oxygen atoms in total. The van der Waals surface area contributed by atoms with Crippen molar-refractivity contribution in [2.24, 2.45) is 11.8 Å². The van der Waals surface area contributed by atoms with Crippen molar-refractivity contribution < 1.29 is 18.3 Å². The van der Waals surface area contributed by atoms with Crippen molar-refractivity contribution in [2.75, 3.05) is 0 Å². The Labute approximate surface area is 129 Å². The monoisotopic (exact) mass is 312 g/mol. The normalized spacial score (nSPS) is 32.9. The van der Waals surface area contributed by atoms with Crippen LogP contribution in [0.5, 0.6) is 0 Å². The molecular weight excluding hydrogens is 289 g/mol. The molecule has 1 N–H and O–H groups in total. The molecule has 0 atom stereocenters. The van der Waals surface area contributed by atoms with Gasteiger partial charge in [-0.1, -0.05) is 0 Å². The molecule has 2 aliphatic rings. The number of aliphatic hydroxyl groups is 1. The topological polar surface area (TPSA) is 20.2 Å². The summed E-state index contributed by atoms with van der Waals surface area (Å²) in [6, 6.07) is 2.31. The fraction of sp³-hybridized carbons (Fsp3) is 0.667. The first-order valence-corrected chi connectivity index (χ1v) is 8.37. The molecule has 0 radical (unpaired) electrons. The van der Waals surface area contributed by atoms with Gasteiger partial charge in [-0.15, -0.1) is 0 Å². The van der Waals surface area contributed by atoms with Crippen molar-refractivity contribution >= 4 is 0 Å². The molecule has 0 heterocycles. The smallest absolute Gasteiger partial charge is 0.194 e. The summed E-state index contributed by atoms with van der Waals surface area (Å²) in [5.74, 6) is -2.06. The lowest BCUT2D eigenvalue weighted by atomic mass is 9.69. The Bertz CT molecular complexity index is 492. The fourth-order valence-electron chi connectivity index (χ4n) is 4.31. The predicted molar refractivity (Wildman–Crippen MR) is 79.0 cm³/mol. The molecule has 0 saturated heterocycles. The van der Waals surface area contributed by atoms with Crippen LogP contribution in [0.2, 0.25) is 0 Å². The summed E-state index contributed by atoms with van der Waals surface area (Å²) in [5, 5.41) is 9.59. The van der Waals surface area contributed by atoms with Crippen LogP contribution in [0.15, 0.2) is 12.1 Å². The molecule has 3 rings (SSSR count). The summed E-state index contributed by atoms with van der Waals surface area (Å²) in [6.45, 7) is 0. The molecule has 0 aromatic heterocycles. The van der Waals surface area contributed by atoms with E-state index in [1.54, 1.807) is 0 Å². The van der Waals surface area contributed by atoms with Crippen LogP contribution in [0.25, 0.3) is 0 Å². The molecule has 122 valence electrons. The highest BCUT2D eigenvalue weighted by Crippen LogP contribution is 2.43. The SMILES string of the molecule is OC1CCC(C2CCC(c3cc(F)c(F)c(F)c3)CC2)CC1. The highest BCUT2D eigenvalue weighted by atomic mass is 19.2. The van der Waals surface area contributed by atoms with Gasteiger partial charge in [-0.25, -0.2) is 13.2 Å². The maximum Gasteiger partial charge on any atom is 0.194 e. The maximum absolute atomic E-state index is 13.4. The third kappa shape index (κ3) is 3.32. The van der Waals surface area contributed by atoms with E-state index in [-0.39, 0.29) is 12.0 Å². The van der Waals surface area contributed by atoms with Gasteiger partial charge < -0.3 is 5.11 Å². The van der Waals surface area contributed by atoms with Crippen molar-refractivity contribution in [1.82, 2.24) is 0 Å². The highest BCUT2D eigenvalue weighted by Gasteiger charge is 2.31. The Hall–Kier alpha value is -1.03. The molecule has 0 unspecified atom stereocenters. The Morgan fingerprint density at radius 3 is 1.68 bits per heavy atom. The molecule has 0 bridgehead atoms. The zero-order valence-corrected chi connectivity index (χ0v) is 12.7. The summed E-state index contributed by atoms with van der Waals surface area (Å²) in [4.78, 5) is 0. The Morgan fingerprint density at radius 1 is 0.727 bits per heavy atom. The van der Waals surface area contributed by atoms with Gasteiger partial charge in [-0.05, 0) is 86.8 Å². The number of hydrogen-bond donors (Lipinski definition) is 1. The van der Waals surface area contributed by atoms with Gasteiger partial charge in [0, 0.05) is 0 Å². The average Bonchev–Trinajstić information content (AvgIpc) is 2.53. The number of hydrogen-bond acceptors (Lipinski definition) is 1. The van der Waals surface area contributed by atoms with E-state index in [0.717, 1.165) is 63.5 Å². The third-order valence-electron chi connectivity index (χ3n) is 5.66. The van der Waals surface area contributed by atoms with Gasteiger partial charge in [0.1, 0.15) is 0 Å². The van der Waals surface area contributed by atoms with Crippen molar-refractivity contribution in [3.05, 3.63) is 35.1 Å². The molecule has 4 heteroatoms. The quantitative estimate of drug-likeness (QED) is 0.768. The van der Waals surface area contributed by atoms with Gasteiger partial charge >= 0.3 is 0 Å². The number of rotatable bonds is 2. The van der Waals surface area contributed by atoms with Crippen molar-refractivity contribution in [2.45, 2.75) is 63.4 Å². The van der Waals surface area contributed by atoms with Gasteiger partial charge in [-0.3, -0.25) is 0 Å². The van der Waals surface area contributed by atoms with Gasteiger partial charge in [0.2, 0.25) is 0 Å². The second-order valence-electron chi connectivity index (χ2n) is 6.98. The summed E-state index contributed by atoms with van der Waals surface area (Å²) in [7, 11) is 0. The van der Waals surface area contributed by atoms with Crippen LogP contribution in [-0.2, 0) is 0 Å². The molecule has 0 amide bonds. The Balaban J connectivity index is 1.60. The second-order valence-corrected chi connectivity index (χ2v) is 6.98. The molecule has 0 aliphatic heterocycles. The van der Waals surface area contributed by atoms with E-state index in [1.807, 2.05) is 0 Å². The van der Waals surface area contributed by atoms with E-state index < -0.39 is 17.5 Å². The Morgan fingerprint density at radius 2 is 1.18 bits per heavy atom. The molecule has 0 spiro atoms. The lowest BCUT2D eigenvalue weighted by molar-refractivity contribution is 0.0805. The maximum atomic E-state index is 13.4. The molecule has 1 aromatic carbocycles. The number of aliphatic hydroxyl groups excluding tert-OH is 1. The molecule has 2 aliphatic carbocycles. The van der Waals surface area contributed by atoms with Crippen molar-refractivity contribution in [3.63, 3.8) is 0 Å². The number of halogens is 3. The van der Waals surface area contributed by atoms with E-state index in [4.69, 9.17) is 0 Å². The van der Waals surface area contributed by atoms with E-state index in [9.17, 15) is 18.3 Å². The lowest BCUT2D eigenvalue weighted by Gasteiger charge is -2.37. The van der Waals surface area contributed by atoms with Crippen LogP contribution in [0.3, 0.4) is 0 Å². The van der Waals surface area contributed by atoms with E-state index >= 15 is 0 Å². The zero-order valence-electron chi connectivity index (χ0n) is 12.7. The fourth-order valence-corrected chi connectivity index (χ4v) is 4.31. The lowest BCUT2D eigenvalue weighted by Crippen LogP contribution is -2.27. The van der Waals surface area contributed by atoms with Gasteiger partial charge in [0.15, 0.2) is 17.5 Å². The highest BCUT2D eigenvalue weighted by molar-refractivity contribution is 5.23. The van der Waals surface area contributed by atoms with Gasteiger partial charge in [0.25, 0.3) is 0 Å². The summed E-state index contributed by atoms with van der Waals surface area (Å²) in [5.41, 5.74) is 0.592. The summed E-state index contributed by atoms with van der Waals surface area (Å²) in [6.07, 6.45) is 7.81. The molecule has 2 saturated carbocycles. The first kappa shape index (κ1) is 15.9.